The van der Waals surface area contributed by atoms with Gasteiger partial charge in [-0.05, 0) is 37.2 Å². The lowest BCUT2D eigenvalue weighted by molar-refractivity contribution is 0.340. The number of rotatable bonds is 4. The Morgan fingerprint density at radius 2 is 1.80 bits per heavy atom. The molecule has 0 unspecified atom stereocenters. The predicted octanol–water partition coefficient (Wildman–Crippen LogP) is 3.29. The maximum atomic E-state index is 4.30. The Bertz CT molecular complexity index is 504. The number of hydrogen-bond acceptors (Lipinski definition) is 3. The van der Waals surface area contributed by atoms with Crippen LogP contribution in [-0.2, 0) is 6.54 Å². The first-order valence-electron chi connectivity index (χ1n) is 7.45. The molecule has 0 atom stereocenters. The normalized spacial score (nSPS) is 22.6. The Labute approximate surface area is 120 Å². The van der Waals surface area contributed by atoms with Crippen molar-refractivity contribution in [2.45, 2.75) is 44.2 Å². The Morgan fingerprint density at radius 1 is 1.00 bits per heavy atom. The van der Waals surface area contributed by atoms with Gasteiger partial charge >= 0.3 is 0 Å². The molecule has 1 aliphatic rings. The minimum atomic E-state index is 0.622. The van der Waals surface area contributed by atoms with Crippen LogP contribution in [0.2, 0.25) is 0 Å². The monoisotopic (exact) mass is 267 g/mol. The highest BCUT2D eigenvalue weighted by atomic mass is 14.9. The minimum absolute atomic E-state index is 0.622. The molecular formula is C17H21N3. The number of nitrogens with zero attached hydrogens (tertiary/aromatic N) is 2. The van der Waals surface area contributed by atoms with Crippen molar-refractivity contribution in [1.29, 1.82) is 0 Å². The van der Waals surface area contributed by atoms with Crippen LogP contribution in [0.15, 0.2) is 48.9 Å². The van der Waals surface area contributed by atoms with Crippen LogP contribution in [0, 0.1) is 0 Å². The van der Waals surface area contributed by atoms with E-state index in [1.54, 1.807) is 12.4 Å². The second-order valence-electron chi connectivity index (χ2n) is 5.54. The first-order valence-corrected chi connectivity index (χ1v) is 7.45. The molecule has 1 heterocycles. The van der Waals surface area contributed by atoms with Crippen molar-refractivity contribution in [2.75, 3.05) is 0 Å². The Hall–Kier alpha value is -1.74. The van der Waals surface area contributed by atoms with E-state index in [2.05, 4.69) is 45.6 Å². The van der Waals surface area contributed by atoms with E-state index in [-0.39, 0.29) is 0 Å². The van der Waals surface area contributed by atoms with Crippen LogP contribution in [0.3, 0.4) is 0 Å². The molecular weight excluding hydrogens is 246 g/mol. The van der Waals surface area contributed by atoms with E-state index in [9.17, 15) is 0 Å². The van der Waals surface area contributed by atoms with Gasteiger partial charge in [0.1, 0.15) is 0 Å². The van der Waals surface area contributed by atoms with Crippen molar-refractivity contribution in [1.82, 2.24) is 15.3 Å². The maximum Gasteiger partial charge on any atom is 0.0724 e. The van der Waals surface area contributed by atoms with E-state index >= 15 is 0 Å². The van der Waals surface area contributed by atoms with Crippen LogP contribution in [0.4, 0.5) is 0 Å². The third kappa shape index (κ3) is 3.42. The predicted molar refractivity (Wildman–Crippen MR) is 80.3 cm³/mol. The number of benzene rings is 1. The van der Waals surface area contributed by atoms with E-state index in [0.29, 0.717) is 6.04 Å². The van der Waals surface area contributed by atoms with Crippen LogP contribution in [0.1, 0.15) is 42.9 Å². The number of aromatic nitrogens is 2. The fourth-order valence-corrected chi connectivity index (χ4v) is 3.03. The summed E-state index contributed by atoms with van der Waals surface area (Å²) in [6.45, 7) is 0.828. The fourth-order valence-electron chi connectivity index (χ4n) is 3.03. The van der Waals surface area contributed by atoms with Crippen molar-refractivity contribution in [3.63, 3.8) is 0 Å². The summed E-state index contributed by atoms with van der Waals surface area (Å²) in [6.07, 6.45) is 10.4. The molecule has 0 spiro atoms. The zero-order chi connectivity index (χ0) is 13.6. The zero-order valence-corrected chi connectivity index (χ0v) is 11.7. The van der Waals surface area contributed by atoms with Gasteiger partial charge in [0.15, 0.2) is 0 Å². The quantitative estimate of drug-likeness (QED) is 0.923. The molecule has 1 fully saturated rings. The smallest absolute Gasteiger partial charge is 0.0724 e. The molecule has 20 heavy (non-hydrogen) atoms. The van der Waals surface area contributed by atoms with E-state index in [0.717, 1.165) is 18.2 Å². The largest absolute Gasteiger partial charge is 0.308 e. The van der Waals surface area contributed by atoms with Gasteiger partial charge in [-0.25, -0.2) is 0 Å². The van der Waals surface area contributed by atoms with Gasteiger partial charge in [-0.3, -0.25) is 9.97 Å². The second-order valence-corrected chi connectivity index (χ2v) is 5.54. The van der Waals surface area contributed by atoms with Gasteiger partial charge in [0, 0.05) is 31.2 Å². The molecule has 2 aromatic rings. The molecule has 0 bridgehead atoms. The molecule has 1 N–H and O–H groups in total. The summed E-state index contributed by atoms with van der Waals surface area (Å²) in [5.74, 6) is 0.741. The summed E-state index contributed by atoms with van der Waals surface area (Å²) in [4.78, 5) is 8.40. The highest BCUT2D eigenvalue weighted by Gasteiger charge is 2.21. The van der Waals surface area contributed by atoms with Crippen molar-refractivity contribution < 1.29 is 0 Å². The SMILES string of the molecule is c1ccc(C2CCC(NCc3cnccn3)CC2)cc1. The van der Waals surface area contributed by atoms with Gasteiger partial charge in [0.2, 0.25) is 0 Å². The van der Waals surface area contributed by atoms with E-state index in [1.165, 1.54) is 31.2 Å². The van der Waals surface area contributed by atoms with Gasteiger partial charge in [0.25, 0.3) is 0 Å². The fraction of sp³-hybridized carbons (Fsp3) is 0.412. The average Bonchev–Trinajstić information content (AvgIpc) is 2.55. The van der Waals surface area contributed by atoms with E-state index < -0.39 is 0 Å². The van der Waals surface area contributed by atoms with Crippen molar-refractivity contribution in [2.24, 2.45) is 0 Å². The molecule has 1 aliphatic carbocycles. The molecule has 0 radical (unpaired) electrons. The van der Waals surface area contributed by atoms with Crippen LogP contribution in [-0.4, -0.2) is 16.0 Å². The highest BCUT2D eigenvalue weighted by molar-refractivity contribution is 5.20. The van der Waals surface area contributed by atoms with Gasteiger partial charge in [0.05, 0.1) is 5.69 Å². The molecule has 0 aliphatic heterocycles. The standard InChI is InChI=1S/C17H21N3/c1-2-4-14(5-3-1)15-6-8-16(9-7-15)20-13-17-12-18-10-11-19-17/h1-5,10-12,15-16,20H,6-9,13H2. The first-order chi connectivity index (χ1) is 9.92. The number of hydrogen-bond donors (Lipinski definition) is 1. The maximum absolute atomic E-state index is 4.30. The lowest BCUT2D eigenvalue weighted by Crippen LogP contribution is -2.32. The van der Waals surface area contributed by atoms with Gasteiger partial charge in [-0.15, -0.1) is 0 Å². The molecule has 1 aromatic carbocycles. The number of nitrogens with one attached hydrogen (secondary N) is 1. The van der Waals surface area contributed by atoms with Crippen LogP contribution in [0.5, 0.6) is 0 Å². The minimum Gasteiger partial charge on any atom is -0.308 e. The van der Waals surface area contributed by atoms with Gasteiger partial charge < -0.3 is 5.32 Å². The van der Waals surface area contributed by atoms with Crippen molar-refractivity contribution in [3.8, 4) is 0 Å². The molecule has 3 rings (SSSR count). The van der Waals surface area contributed by atoms with Gasteiger partial charge in [-0.2, -0.15) is 0 Å². The Kier molecular flexibility index (Phi) is 4.38. The summed E-state index contributed by atoms with van der Waals surface area (Å²) in [6, 6.07) is 11.5. The molecule has 3 nitrogen and oxygen atoms in total. The molecule has 1 aromatic heterocycles. The molecule has 3 heteroatoms. The molecule has 0 saturated heterocycles. The third-order valence-electron chi connectivity index (χ3n) is 4.19. The van der Waals surface area contributed by atoms with E-state index in [1.807, 2.05) is 6.20 Å². The molecule has 104 valence electrons. The summed E-state index contributed by atoms with van der Waals surface area (Å²) in [7, 11) is 0. The van der Waals surface area contributed by atoms with Crippen LogP contribution >= 0.6 is 0 Å². The first kappa shape index (κ1) is 13.3. The summed E-state index contributed by atoms with van der Waals surface area (Å²) in [5.41, 5.74) is 2.53. The second kappa shape index (κ2) is 6.62. The van der Waals surface area contributed by atoms with E-state index in [4.69, 9.17) is 0 Å². The summed E-state index contributed by atoms with van der Waals surface area (Å²) in [5, 5.41) is 3.61. The van der Waals surface area contributed by atoms with Crippen molar-refractivity contribution in [3.05, 3.63) is 60.2 Å². The lowest BCUT2D eigenvalue weighted by atomic mass is 9.82. The third-order valence-corrected chi connectivity index (χ3v) is 4.19. The average molecular weight is 267 g/mol. The Balaban J connectivity index is 1.47. The van der Waals surface area contributed by atoms with Crippen LogP contribution in [0.25, 0.3) is 0 Å². The topological polar surface area (TPSA) is 37.8 Å². The Morgan fingerprint density at radius 3 is 2.50 bits per heavy atom. The van der Waals surface area contributed by atoms with Crippen molar-refractivity contribution >= 4 is 0 Å². The zero-order valence-electron chi connectivity index (χ0n) is 11.7. The molecule has 1 saturated carbocycles. The highest BCUT2D eigenvalue weighted by Crippen LogP contribution is 2.32. The van der Waals surface area contributed by atoms with Gasteiger partial charge in [-0.1, -0.05) is 30.3 Å². The van der Waals surface area contributed by atoms with Crippen LogP contribution < -0.4 is 5.32 Å². The summed E-state index contributed by atoms with van der Waals surface area (Å²) < 4.78 is 0. The summed E-state index contributed by atoms with van der Waals surface area (Å²) >= 11 is 0. The lowest BCUT2D eigenvalue weighted by Gasteiger charge is -2.29. The molecule has 0 amide bonds.